The fourth-order valence-electron chi connectivity index (χ4n) is 3.63. The summed E-state index contributed by atoms with van der Waals surface area (Å²) in [6.07, 6.45) is 1.98. The largest absolute Gasteiger partial charge is 0.370 e. The second-order valence-corrected chi connectivity index (χ2v) is 7.93. The van der Waals surface area contributed by atoms with Gasteiger partial charge in [-0.2, -0.15) is 0 Å². The van der Waals surface area contributed by atoms with E-state index < -0.39 is 0 Å². The molecule has 2 aromatic carbocycles. The molecule has 1 saturated heterocycles. The zero-order valence-electron chi connectivity index (χ0n) is 17.4. The first kappa shape index (κ1) is 20.8. The van der Waals surface area contributed by atoms with Gasteiger partial charge in [-0.1, -0.05) is 79.2 Å². The molecule has 3 heteroatoms. The Hall–Kier alpha value is -1.94. The summed E-state index contributed by atoms with van der Waals surface area (Å²) >= 11 is 0. The van der Waals surface area contributed by atoms with Crippen LogP contribution in [0, 0.1) is 5.92 Å². The van der Waals surface area contributed by atoms with Crippen molar-refractivity contribution in [3.8, 4) is 0 Å². The fourth-order valence-corrected chi connectivity index (χ4v) is 3.63. The van der Waals surface area contributed by atoms with E-state index in [1.165, 1.54) is 11.1 Å². The van der Waals surface area contributed by atoms with Crippen LogP contribution in [0.1, 0.15) is 38.8 Å². The van der Waals surface area contributed by atoms with E-state index in [0.717, 1.165) is 5.56 Å². The van der Waals surface area contributed by atoms with Crippen LogP contribution < -0.4 is 0 Å². The monoisotopic (exact) mass is 380 g/mol. The molecule has 1 aliphatic heterocycles. The number of rotatable bonds is 7. The Morgan fingerprint density at radius 1 is 0.821 bits per heavy atom. The second-order valence-electron chi connectivity index (χ2n) is 7.93. The summed E-state index contributed by atoms with van der Waals surface area (Å²) in [6.45, 7) is 9.64. The predicted octanol–water partition coefficient (Wildman–Crippen LogP) is 5.55. The third-order valence-corrected chi connectivity index (χ3v) is 5.35. The van der Waals surface area contributed by atoms with Crippen molar-refractivity contribution in [2.75, 3.05) is 0 Å². The van der Waals surface area contributed by atoms with E-state index in [4.69, 9.17) is 14.2 Å². The van der Waals surface area contributed by atoms with Crippen LogP contribution in [0.5, 0.6) is 0 Å². The summed E-state index contributed by atoms with van der Waals surface area (Å²) in [4.78, 5) is 0. The van der Waals surface area contributed by atoms with Crippen molar-refractivity contribution in [3.05, 3.63) is 83.4 Å². The van der Waals surface area contributed by atoms with Crippen LogP contribution in [0.15, 0.2) is 72.3 Å². The molecular formula is C25H32O3. The van der Waals surface area contributed by atoms with Gasteiger partial charge in [-0.25, -0.2) is 0 Å². The molecule has 0 saturated carbocycles. The first-order valence-corrected chi connectivity index (χ1v) is 10.2. The van der Waals surface area contributed by atoms with Crippen molar-refractivity contribution in [2.24, 2.45) is 5.92 Å². The molecule has 0 spiro atoms. The topological polar surface area (TPSA) is 27.7 Å². The maximum atomic E-state index is 6.43. The normalized spacial score (nSPS) is 27.4. The fraction of sp³-hybridized carbons (Fsp3) is 0.440. The Balaban J connectivity index is 1.78. The van der Waals surface area contributed by atoms with Crippen LogP contribution in [0.25, 0.3) is 0 Å². The molecule has 0 aliphatic carbocycles. The van der Waals surface area contributed by atoms with Crippen molar-refractivity contribution in [2.45, 2.75) is 65.3 Å². The van der Waals surface area contributed by atoms with Crippen molar-refractivity contribution in [1.29, 1.82) is 0 Å². The summed E-state index contributed by atoms with van der Waals surface area (Å²) in [7, 11) is 0. The number of benzene rings is 2. The number of hydrogen-bond donors (Lipinski definition) is 0. The lowest BCUT2D eigenvalue weighted by molar-refractivity contribution is -0.215. The van der Waals surface area contributed by atoms with E-state index in [1.807, 2.05) is 36.4 Å². The van der Waals surface area contributed by atoms with Gasteiger partial charge in [-0.15, -0.1) is 0 Å². The van der Waals surface area contributed by atoms with E-state index >= 15 is 0 Å². The maximum Gasteiger partial charge on any atom is 0.114 e. The van der Waals surface area contributed by atoms with Gasteiger partial charge in [-0.3, -0.25) is 0 Å². The first-order valence-electron chi connectivity index (χ1n) is 10.2. The SMILES string of the molecule is CC(C)=C[C@@H]1O[C@@H](C)[C@H](C)[C@@H](OCc2ccccc2)[C@H]1OCc1ccccc1. The molecule has 0 N–H and O–H groups in total. The van der Waals surface area contributed by atoms with Gasteiger partial charge in [0.1, 0.15) is 12.2 Å². The molecule has 1 heterocycles. The van der Waals surface area contributed by atoms with Crippen LogP contribution in [-0.2, 0) is 27.4 Å². The van der Waals surface area contributed by atoms with Gasteiger partial charge in [0.2, 0.25) is 0 Å². The standard InChI is InChI=1S/C25H32O3/c1-18(2)15-23-25(27-17-22-13-9-6-10-14-22)24(19(3)20(4)28-23)26-16-21-11-7-5-8-12-21/h5-15,19-20,23-25H,16-17H2,1-4H3/t19-,20-,23-,24+,25-/m0/s1. The van der Waals surface area contributed by atoms with E-state index in [0.29, 0.717) is 13.2 Å². The lowest BCUT2D eigenvalue weighted by atomic mass is 9.87. The highest BCUT2D eigenvalue weighted by Crippen LogP contribution is 2.32. The van der Waals surface area contributed by atoms with Gasteiger partial charge < -0.3 is 14.2 Å². The van der Waals surface area contributed by atoms with Gasteiger partial charge in [-0.05, 0) is 31.9 Å². The van der Waals surface area contributed by atoms with Crippen molar-refractivity contribution < 1.29 is 14.2 Å². The lowest BCUT2D eigenvalue weighted by Crippen LogP contribution is -2.54. The summed E-state index contributed by atoms with van der Waals surface area (Å²) < 4.78 is 19.1. The average molecular weight is 381 g/mol. The third-order valence-electron chi connectivity index (χ3n) is 5.35. The second kappa shape index (κ2) is 10.0. The molecule has 0 amide bonds. The summed E-state index contributed by atoms with van der Waals surface area (Å²) in [5.74, 6) is 0.242. The molecule has 0 radical (unpaired) electrons. The molecule has 0 aromatic heterocycles. The van der Waals surface area contributed by atoms with Gasteiger partial charge in [0.25, 0.3) is 0 Å². The Morgan fingerprint density at radius 2 is 1.32 bits per heavy atom. The smallest absolute Gasteiger partial charge is 0.114 e. The van der Waals surface area contributed by atoms with E-state index in [9.17, 15) is 0 Å². The molecule has 2 aromatic rings. The number of allylic oxidation sites excluding steroid dienone is 1. The molecule has 150 valence electrons. The van der Waals surface area contributed by atoms with E-state index in [-0.39, 0.29) is 30.3 Å². The molecule has 28 heavy (non-hydrogen) atoms. The summed E-state index contributed by atoms with van der Waals surface area (Å²) in [6, 6.07) is 20.6. The summed E-state index contributed by atoms with van der Waals surface area (Å²) in [5.41, 5.74) is 3.56. The van der Waals surface area contributed by atoms with Gasteiger partial charge in [0.15, 0.2) is 0 Å². The maximum absolute atomic E-state index is 6.43. The summed E-state index contributed by atoms with van der Waals surface area (Å²) in [5, 5.41) is 0. The number of ether oxygens (including phenoxy) is 3. The molecule has 0 unspecified atom stereocenters. The predicted molar refractivity (Wildman–Crippen MR) is 113 cm³/mol. The van der Waals surface area contributed by atoms with Crippen molar-refractivity contribution in [3.63, 3.8) is 0 Å². The quantitative estimate of drug-likeness (QED) is 0.590. The van der Waals surface area contributed by atoms with Crippen LogP contribution in [0.2, 0.25) is 0 Å². The van der Waals surface area contributed by atoms with Gasteiger partial charge in [0, 0.05) is 5.92 Å². The Bertz CT molecular complexity index is 737. The minimum Gasteiger partial charge on any atom is -0.370 e. The van der Waals surface area contributed by atoms with E-state index in [1.54, 1.807) is 0 Å². The minimum atomic E-state index is -0.148. The highest BCUT2D eigenvalue weighted by Gasteiger charge is 2.42. The molecular weight excluding hydrogens is 348 g/mol. The van der Waals surface area contributed by atoms with Crippen molar-refractivity contribution >= 4 is 0 Å². The van der Waals surface area contributed by atoms with Crippen LogP contribution in [0.4, 0.5) is 0 Å². The highest BCUT2D eigenvalue weighted by atomic mass is 16.6. The number of hydrogen-bond acceptors (Lipinski definition) is 3. The zero-order chi connectivity index (χ0) is 19.9. The molecule has 0 bridgehead atoms. The average Bonchev–Trinajstić information content (AvgIpc) is 2.70. The molecule has 1 fully saturated rings. The highest BCUT2D eigenvalue weighted by molar-refractivity contribution is 5.15. The van der Waals surface area contributed by atoms with E-state index in [2.05, 4.69) is 58.0 Å². The van der Waals surface area contributed by atoms with Gasteiger partial charge >= 0.3 is 0 Å². The van der Waals surface area contributed by atoms with Gasteiger partial charge in [0.05, 0.1) is 25.4 Å². The Morgan fingerprint density at radius 3 is 1.82 bits per heavy atom. The third kappa shape index (κ3) is 5.54. The molecule has 1 aliphatic rings. The van der Waals surface area contributed by atoms with Crippen LogP contribution in [-0.4, -0.2) is 24.4 Å². The Labute approximate surface area is 169 Å². The van der Waals surface area contributed by atoms with Crippen LogP contribution in [0.3, 0.4) is 0 Å². The minimum absolute atomic E-state index is 0.0340. The zero-order valence-corrected chi connectivity index (χ0v) is 17.4. The molecule has 3 nitrogen and oxygen atoms in total. The lowest BCUT2D eigenvalue weighted by Gasteiger charge is -2.44. The Kier molecular flexibility index (Phi) is 7.43. The van der Waals surface area contributed by atoms with Crippen molar-refractivity contribution in [1.82, 2.24) is 0 Å². The molecule has 5 atom stereocenters. The molecule has 3 rings (SSSR count). The first-order chi connectivity index (χ1) is 13.5. The van der Waals surface area contributed by atoms with Crippen LogP contribution >= 0.6 is 0 Å².